The van der Waals surface area contributed by atoms with E-state index in [2.05, 4.69) is 5.32 Å². The highest BCUT2D eigenvalue weighted by atomic mass is 32.2. The number of carbonyl (C=O) groups excluding carboxylic acids is 2. The van der Waals surface area contributed by atoms with E-state index in [4.69, 9.17) is 4.99 Å². The second-order valence-corrected chi connectivity index (χ2v) is 9.42. The molecule has 6 heteroatoms. The van der Waals surface area contributed by atoms with E-state index in [1.54, 1.807) is 0 Å². The second kappa shape index (κ2) is 8.26. The standard InChI is InChI=1S/C24H27N3O2S/c1-14-8-11-19(17(4)12-14)25-21(28)13-20-23(29)27(18-9-10-18)24(30-20)26-22-15(2)6-5-7-16(22)3/h5-8,11-12,18,20H,9-10,13H2,1-4H3,(H,25,28)/t20-/m0/s1. The third-order valence-electron chi connectivity index (χ3n) is 5.55. The summed E-state index contributed by atoms with van der Waals surface area (Å²) in [6, 6.07) is 12.2. The number of thioether (sulfide) groups is 1. The minimum absolute atomic E-state index is 0.00302. The van der Waals surface area contributed by atoms with Gasteiger partial charge in [0.1, 0.15) is 5.25 Å². The molecular weight excluding hydrogens is 394 g/mol. The average molecular weight is 422 g/mol. The Balaban J connectivity index is 1.53. The molecule has 0 spiro atoms. The SMILES string of the molecule is Cc1ccc(NC(=O)C[C@@H]2SC(=Nc3c(C)cccc3C)N(C3CC3)C2=O)c(C)c1. The summed E-state index contributed by atoms with van der Waals surface area (Å²) in [6.45, 7) is 8.06. The minimum atomic E-state index is -0.431. The number of rotatable bonds is 5. The van der Waals surface area contributed by atoms with E-state index in [9.17, 15) is 9.59 Å². The van der Waals surface area contributed by atoms with Crippen LogP contribution < -0.4 is 5.32 Å². The molecule has 156 valence electrons. The van der Waals surface area contributed by atoms with Crippen LogP contribution in [0.3, 0.4) is 0 Å². The van der Waals surface area contributed by atoms with Crippen molar-refractivity contribution < 1.29 is 9.59 Å². The first-order valence-electron chi connectivity index (χ1n) is 10.3. The average Bonchev–Trinajstić information content (AvgIpc) is 3.46. The Morgan fingerprint density at radius 2 is 1.80 bits per heavy atom. The molecule has 0 bridgehead atoms. The summed E-state index contributed by atoms with van der Waals surface area (Å²) in [5.74, 6) is -0.139. The Morgan fingerprint density at radius 3 is 2.43 bits per heavy atom. The first kappa shape index (κ1) is 20.7. The van der Waals surface area contributed by atoms with Crippen molar-refractivity contribution >= 4 is 40.1 Å². The number of carbonyl (C=O) groups is 2. The molecule has 1 aliphatic carbocycles. The molecule has 2 aliphatic rings. The third-order valence-corrected chi connectivity index (χ3v) is 6.70. The monoisotopic (exact) mass is 421 g/mol. The number of benzene rings is 2. The number of para-hydroxylation sites is 1. The van der Waals surface area contributed by atoms with Gasteiger partial charge in [-0.2, -0.15) is 0 Å². The van der Waals surface area contributed by atoms with Crippen molar-refractivity contribution in [3.8, 4) is 0 Å². The lowest BCUT2D eigenvalue weighted by atomic mass is 10.1. The summed E-state index contributed by atoms with van der Waals surface area (Å²) >= 11 is 1.42. The highest BCUT2D eigenvalue weighted by Crippen LogP contribution is 2.40. The normalized spacial score (nSPS) is 20.1. The molecule has 0 unspecified atom stereocenters. The Bertz CT molecular complexity index is 1020. The van der Waals surface area contributed by atoms with Gasteiger partial charge in [0.2, 0.25) is 11.8 Å². The summed E-state index contributed by atoms with van der Waals surface area (Å²) in [4.78, 5) is 32.5. The number of nitrogens with one attached hydrogen (secondary N) is 1. The number of hydrogen-bond donors (Lipinski definition) is 1. The van der Waals surface area contributed by atoms with Gasteiger partial charge < -0.3 is 5.32 Å². The van der Waals surface area contributed by atoms with E-state index in [1.807, 2.05) is 69.0 Å². The van der Waals surface area contributed by atoms with Crippen LogP contribution in [-0.2, 0) is 9.59 Å². The van der Waals surface area contributed by atoms with Crippen molar-refractivity contribution in [3.63, 3.8) is 0 Å². The zero-order chi connectivity index (χ0) is 21.4. The Labute approximate surface area is 182 Å². The minimum Gasteiger partial charge on any atom is -0.326 e. The maximum atomic E-state index is 13.1. The predicted octanol–water partition coefficient (Wildman–Crippen LogP) is 5.04. The smallest absolute Gasteiger partial charge is 0.242 e. The fraction of sp³-hybridized carbons (Fsp3) is 0.375. The molecule has 30 heavy (non-hydrogen) atoms. The molecule has 2 aromatic rings. The number of nitrogens with zero attached hydrogens (tertiary/aromatic N) is 2. The van der Waals surface area contributed by atoms with Gasteiger partial charge in [-0.25, -0.2) is 4.99 Å². The molecule has 5 nitrogen and oxygen atoms in total. The molecule has 1 N–H and O–H groups in total. The number of amidine groups is 1. The first-order valence-corrected chi connectivity index (χ1v) is 11.2. The largest absolute Gasteiger partial charge is 0.326 e. The van der Waals surface area contributed by atoms with Crippen molar-refractivity contribution in [2.24, 2.45) is 4.99 Å². The van der Waals surface area contributed by atoms with E-state index in [-0.39, 0.29) is 24.3 Å². The van der Waals surface area contributed by atoms with Gasteiger partial charge in [0.15, 0.2) is 5.17 Å². The molecule has 1 saturated heterocycles. The van der Waals surface area contributed by atoms with Crippen LogP contribution in [0.15, 0.2) is 41.4 Å². The van der Waals surface area contributed by atoms with Crippen molar-refractivity contribution in [1.29, 1.82) is 0 Å². The van der Waals surface area contributed by atoms with Crippen LogP contribution in [0.2, 0.25) is 0 Å². The molecule has 0 radical (unpaired) electrons. The van der Waals surface area contributed by atoms with E-state index < -0.39 is 5.25 Å². The van der Waals surface area contributed by atoms with Gasteiger partial charge in [-0.05, 0) is 63.3 Å². The summed E-state index contributed by atoms with van der Waals surface area (Å²) in [7, 11) is 0. The van der Waals surface area contributed by atoms with Gasteiger partial charge in [0, 0.05) is 18.2 Å². The molecule has 2 amide bonds. The van der Waals surface area contributed by atoms with E-state index in [0.29, 0.717) is 0 Å². The van der Waals surface area contributed by atoms with E-state index in [0.717, 1.165) is 51.6 Å². The lowest BCUT2D eigenvalue weighted by Crippen LogP contribution is -2.35. The lowest BCUT2D eigenvalue weighted by Gasteiger charge is -2.16. The quantitative estimate of drug-likeness (QED) is 0.735. The first-order chi connectivity index (χ1) is 14.3. The molecule has 2 aromatic carbocycles. The zero-order valence-corrected chi connectivity index (χ0v) is 18.7. The summed E-state index contributed by atoms with van der Waals surface area (Å²) in [6.07, 6.45) is 2.14. The van der Waals surface area contributed by atoms with Crippen molar-refractivity contribution in [3.05, 3.63) is 58.7 Å². The number of amides is 2. The molecule has 2 fully saturated rings. The highest BCUT2D eigenvalue weighted by molar-refractivity contribution is 8.15. The van der Waals surface area contributed by atoms with Crippen LogP contribution >= 0.6 is 11.8 Å². The maximum Gasteiger partial charge on any atom is 0.242 e. The lowest BCUT2D eigenvalue weighted by molar-refractivity contribution is -0.128. The van der Waals surface area contributed by atoms with E-state index >= 15 is 0 Å². The summed E-state index contributed by atoms with van der Waals surface area (Å²) in [5, 5.41) is 3.26. The molecule has 4 rings (SSSR count). The zero-order valence-electron chi connectivity index (χ0n) is 17.9. The predicted molar refractivity (Wildman–Crippen MR) is 123 cm³/mol. The Hall–Kier alpha value is -2.60. The number of aryl methyl sites for hydroxylation is 4. The number of anilines is 1. The molecule has 1 saturated carbocycles. The molecular formula is C24H27N3O2S. The van der Waals surface area contributed by atoms with Gasteiger partial charge in [-0.15, -0.1) is 0 Å². The van der Waals surface area contributed by atoms with Crippen LogP contribution in [-0.4, -0.2) is 33.2 Å². The third kappa shape index (κ3) is 4.29. The van der Waals surface area contributed by atoms with Crippen LogP contribution in [0, 0.1) is 27.7 Å². The van der Waals surface area contributed by atoms with Gasteiger partial charge in [-0.1, -0.05) is 47.7 Å². The Morgan fingerprint density at radius 1 is 1.10 bits per heavy atom. The topological polar surface area (TPSA) is 61.8 Å². The molecule has 1 atom stereocenters. The van der Waals surface area contributed by atoms with Gasteiger partial charge in [-0.3, -0.25) is 14.5 Å². The molecule has 1 heterocycles. The van der Waals surface area contributed by atoms with Gasteiger partial charge in [0.05, 0.1) is 5.69 Å². The van der Waals surface area contributed by atoms with E-state index in [1.165, 1.54) is 11.8 Å². The van der Waals surface area contributed by atoms with Gasteiger partial charge in [0.25, 0.3) is 0 Å². The van der Waals surface area contributed by atoms with Crippen LogP contribution in [0.4, 0.5) is 11.4 Å². The van der Waals surface area contributed by atoms with Crippen LogP contribution in [0.1, 0.15) is 41.5 Å². The fourth-order valence-electron chi connectivity index (χ4n) is 3.76. The maximum absolute atomic E-state index is 13.1. The molecule has 1 aliphatic heterocycles. The summed E-state index contributed by atoms with van der Waals surface area (Å²) in [5.41, 5.74) is 6.05. The van der Waals surface area contributed by atoms with Crippen molar-refractivity contribution in [2.45, 2.75) is 58.2 Å². The highest BCUT2D eigenvalue weighted by Gasteiger charge is 2.46. The fourth-order valence-corrected chi connectivity index (χ4v) is 4.96. The summed E-state index contributed by atoms with van der Waals surface area (Å²) < 4.78 is 0. The number of hydrogen-bond acceptors (Lipinski definition) is 4. The van der Waals surface area contributed by atoms with Crippen LogP contribution in [0.5, 0.6) is 0 Å². The Kier molecular flexibility index (Phi) is 5.69. The van der Waals surface area contributed by atoms with Crippen molar-refractivity contribution in [1.82, 2.24) is 4.90 Å². The van der Waals surface area contributed by atoms with Crippen molar-refractivity contribution in [2.75, 3.05) is 5.32 Å². The van der Waals surface area contributed by atoms with Gasteiger partial charge >= 0.3 is 0 Å². The second-order valence-electron chi connectivity index (χ2n) is 8.25. The number of aliphatic imine (C=N–C) groups is 1. The van der Waals surface area contributed by atoms with Crippen LogP contribution in [0.25, 0.3) is 0 Å². The molecule has 0 aromatic heterocycles.